The summed E-state index contributed by atoms with van der Waals surface area (Å²) in [7, 11) is 5.44. The minimum atomic E-state index is -0.214. The maximum absolute atomic E-state index is 13.0. The third kappa shape index (κ3) is 9.18. The fourth-order valence-electron chi connectivity index (χ4n) is 4.73. The van der Waals surface area contributed by atoms with E-state index in [0.717, 1.165) is 56.0 Å². The number of nitrogens with zero attached hydrogens (tertiary/aromatic N) is 5. The first-order chi connectivity index (χ1) is 20.6. The van der Waals surface area contributed by atoms with Crippen LogP contribution in [0.3, 0.4) is 0 Å². The lowest BCUT2D eigenvalue weighted by Gasteiger charge is -2.32. The number of anilines is 2. The molecule has 1 aliphatic heterocycles. The number of nitrogens with one attached hydrogen (secondary N) is 1. The summed E-state index contributed by atoms with van der Waals surface area (Å²) < 4.78 is 17.4. The van der Waals surface area contributed by atoms with Gasteiger partial charge < -0.3 is 29.5 Å². The monoisotopic (exact) mass is 611 g/mol. The summed E-state index contributed by atoms with van der Waals surface area (Å²) in [6.45, 7) is 13.6. The lowest BCUT2D eigenvalue weighted by atomic mass is 10.2. The van der Waals surface area contributed by atoms with Crippen LogP contribution in [0.25, 0.3) is 11.0 Å². The SMILES string of the molecule is COc1cc(OC)cc(N(CCO[S+](C)C(C)(C)C)c2ccc3ncc(C(=O)NCCCN4CCN(C)CC4)nc3c2)c1. The summed E-state index contributed by atoms with van der Waals surface area (Å²) in [6.07, 6.45) is 4.57. The molecule has 10 nitrogen and oxygen atoms in total. The van der Waals surface area contributed by atoms with Crippen molar-refractivity contribution < 1.29 is 18.5 Å². The molecule has 43 heavy (non-hydrogen) atoms. The molecule has 234 valence electrons. The average molecular weight is 612 g/mol. The van der Waals surface area contributed by atoms with Gasteiger partial charge in [0, 0.05) is 62.3 Å². The molecule has 2 heterocycles. The maximum atomic E-state index is 13.0. The third-order valence-electron chi connectivity index (χ3n) is 7.69. The number of benzene rings is 2. The van der Waals surface area contributed by atoms with Gasteiger partial charge in [-0.05, 0) is 59.0 Å². The first kappa shape index (κ1) is 32.8. The van der Waals surface area contributed by atoms with Gasteiger partial charge in [0.15, 0.2) is 4.75 Å². The molecule has 1 atom stereocenters. The molecule has 0 radical (unpaired) electrons. The van der Waals surface area contributed by atoms with Gasteiger partial charge in [0.05, 0.1) is 38.0 Å². The fraction of sp³-hybridized carbons (Fsp3) is 0.531. The summed E-state index contributed by atoms with van der Waals surface area (Å²) in [6, 6.07) is 11.7. The van der Waals surface area contributed by atoms with Gasteiger partial charge in [-0.25, -0.2) is 4.98 Å². The summed E-state index contributed by atoms with van der Waals surface area (Å²) in [4.78, 5) is 29.1. The molecular formula is C32H47N6O4S+. The number of hydrogen-bond donors (Lipinski definition) is 1. The van der Waals surface area contributed by atoms with E-state index >= 15 is 0 Å². The first-order valence-electron chi connectivity index (χ1n) is 14.8. The molecule has 0 aliphatic carbocycles. The lowest BCUT2D eigenvalue weighted by Crippen LogP contribution is -2.45. The number of carbonyl (C=O) groups excluding carboxylic acids is 1. The van der Waals surface area contributed by atoms with Gasteiger partial charge in [0.1, 0.15) is 41.2 Å². The van der Waals surface area contributed by atoms with E-state index in [4.69, 9.17) is 18.6 Å². The molecule has 0 saturated carbocycles. The van der Waals surface area contributed by atoms with Crippen LogP contribution in [0, 0.1) is 0 Å². The molecule has 1 amide bonds. The van der Waals surface area contributed by atoms with Gasteiger partial charge in [-0.2, -0.15) is 4.18 Å². The number of aromatic nitrogens is 2. The van der Waals surface area contributed by atoms with Crippen molar-refractivity contribution in [2.24, 2.45) is 0 Å². The molecule has 11 heteroatoms. The molecular weight excluding hydrogens is 564 g/mol. The molecule has 1 unspecified atom stereocenters. The molecule has 4 rings (SSSR count). The van der Waals surface area contributed by atoms with E-state index < -0.39 is 0 Å². The topological polar surface area (TPSA) is 92.3 Å². The van der Waals surface area contributed by atoms with E-state index in [2.05, 4.69) is 59.1 Å². The van der Waals surface area contributed by atoms with E-state index in [1.807, 2.05) is 36.4 Å². The van der Waals surface area contributed by atoms with Gasteiger partial charge in [-0.1, -0.05) is 0 Å². The van der Waals surface area contributed by atoms with Gasteiger partial charge in [-0.3, -0.25) is 9.78 Å². The molecule has 1 fully saturated rings. The molecule has 1 N–H and O–H groups in total. The molecule has 2 aromatic carbocycles. The Kier molecular flexibility index (Phi) is 11.5. The summed E-state index contributed by atoms with van der Waals surface area (Å²) in [5, 5.41) is 3.02. The predicted octanol–water partition coefficient (Wildman–Crippen LogP) is 4.13. The molecule has 0 spiro atoms. The first-order valence-corrected chi connectivity index (χ1v) is 16.4. The number of amides is 1. The quantitative estimate of drug-likeness (QED) is 0.226. The zero-order chi connectivity index (χ0) is 31.0. The number of rotatable bonds is 13. The highest BCUT2D eigenvalue weighted by Crippen LogP contribution is 2.34. The fourth-order valence-corrected chi connectivity index (χ4v) is 5.41. The summed E-state index contributed by atoms with van der Waals surface area (Å²) in [5.41, 5.74) is 3.47. The zero-order valence-corrected chi connectivity index (χ0v) is 27.5. The Hall–Kier alpha value is -3.12. The van der Waals surface area contributed by atoms with Gasteiger partial charge >= 0.3 is 0 Å². The Morgan fingerprint density at radius 2 is 1.70 bits per heavy atom. The van der Waals surface area contributed by atoms with E-state index in [1.165, 1.54) is 0 Å². The number of carbonyl (C=O) groups is 1. The van der Waals surface area contributed by atoms with Crippen molar-refractivity contribution in [2.75, 3.05) is 84.8 Å². The second-order valence-electron chi connectivity index (χ2n) is 11.8. The highest BCUT2D eigenvalue weighted by atomic mass is 32.2. The number of methoxy groups -OCH3 is 2. The highest BCUT2D eigenvalue weighted by Gasteiger charge is 2.32. The van der Waals surface area contributed by atoms with Crippen molar-refractivity contribution in [3.05, 3.63) is 48.3 Å². The van der Waals surface area contributed by atoms with E-state index in [1.54, 1.807) is 20.4 Å². The van der Waals surface area contributed by atoms with E-state index in [0.29, 0.717) is 42.4 Å². The van der Waals surface area contributed by atoms with Crippen LogP contribution in [0.2, 0.25) is 0 Å². The number of piperazine rings is 1. The Bertz CT molecular complexity index is 1340. The van der Waals surface area contributed by atoms with Crippen LogP contribution in [-0.2, 0) is 15.4 Å². The van der Waals surface area contributed by atoms with Crippen molar-refractivity contribution in [3.8, 4) is 11.5 Å². The smallest absolute Gasteiger partial charge is 0.271 e. The number of likely N-dealkylation sites (N-methyl/N-ethyl adjacent to an activating group) is 1. The normalized spacial score (nSPS) is 15.3. The number of hydrogen-bond acceptors (Lipinski definition) is 9. The van der Waals surface area contributed by atoms with E-state index in [-0.39, 0.29) is 21.8 Å². The average Bonchev–Trinajstić information content (AvgIpc) is 3.00. The Morgan fingerprint density at radius 1 is 1.00 bits per heavy atom. The van der Waals surface area contributed by atoms with Crippen LogP contribution < -0.4 is 19.7 Å². The molecule has 0 bridgehead atoms. The summed E-state index contributed by atoms with van der Waals surface area (Å²) >= 11 is -0.214. The van der Waals surface area contributed by atoms with Crippen molar-refractivity contribution in [2.45, 2.75) is 31.9 Å². The second-order valence-corrected chi connectivity index (χ2v) is 14.2. The minimum Gasteiger partial charge on any atom is -0.497 e. The van der Waals surface area contributed by atoms with Crippen molar-refractivity contribution in [1.82, 2.24) is 25.1 Å². The van der Waals surface area contributed by atoms with Crippen molar-refractivity contribution in [1.29, 1.82) is 0 Å². The van der Waals surface area contributed by atoms with E-state index in [9.17, 15) is 4.79 Å². The van der Waals surface area contributed by atoms with Crippen LogP contribution in [0.5, 0.6) is 11.5 Å². The second kappa shape index (κ2) is 15.1. The Balaban J connectivity index is 1.51. The largest absolute Gasteiger partial charge is 0.497 e. The van der Waals surface area contributed by atoms with Crippen LogP contribution in [0.4, 0.5) is 11.4 Å². The zero-order valence-electron chi connectivity index (χ0n) is 26.7. The molecule has 1 aromatic heterocycles. The summed E-state index contributed by atoms with van der Waals surface area (Å²) in [5.74, 6) is 1.17. The van der Waals surface area contributed by atoms with Gasteiger partial charge in [-0.15, -0.1) is 0 Å². The van der Waals surface area contributed by atoms with Crippen LogP contribution in [0.1, 0.15) is 37.7 Å². The number of fused-ring (bicyclic) bond motifs is 1. The standard InChI is InChI=1S/C32H46N6O4S/c1-32(2,3)43(7)42-18-17-38(25-19-26(40-5)22-27(20-25)41-6)24-9-10-28-29(21-24)35-30(23-34-28)31(39)33-11-8-12-37-15-13-36(4)14-16-37/h9-10,19-23H,8,11-18H2,1-7H3/p+1. The highest BCUT2D eigenvalue weighted by molar-refractivity contribution is 7.93. The minimum absolute atomic E-state index is 0.0596. The molecule has 1 saturated heterocycles. The van der Waals surface area contributed by atoms with Crippen molar-refractivity contribution in [3.63, 3.8) is 0 Å². The van der Waals surface area contributed by atoms with Gasteiger partial charge in [0.25, 0.3) is 5.91 Å². The Labute approximate surface area is 259 Å². The van der Waals surface area contributed by atoms with Gasteiger partial charge in [0.2, 0.25) is 0 Å². The molecule has 3 aromatic rings. The van der Waals surface area contributed by atoms with Crippen LogP contribution in [0.15, 0.2) is 42.6 Å². The van der Waals surface area contributed by atoms with Crippen molar-refractivity contribution >= 4 is 39.5 Å². The lowest BCUT2D eigenvalue weighted by molar-refractivity contribution is 0.0944. The predicted molar refractivity (Wildman–Crippen MR) is 176 cm³/mol. The third-order valence-corrected chi connectivity index (χ3v) is 9.93. The Morgan fingerprint density at radius 3 is 2.35 bits per heavy atom. The maximum Gasteiger partial charge on any atom is 0.271 e. The molecule has 1 aliphatic rings. The number of ether oxygens (including phenoxy) is 2. The van der Waals surface area contributed by atoms with Crippen LogP contribution >= 0.6 is 0 Å². The van der Waals surface area contributed by atoms with Crippen LogP contribution in [-0.4, -0.2) is 110 Å².